The SMILES string of the molecule is Cn1cnc(CNc2ccc(S(=O)(=O)NC3CCOC(c4ccnn4C)C3)c(C(F)(F)F)n2)n1. The first-order valence-electron chi connectivity index (χ1n) is 10.3. The van der Waals surface area contributed by atoms with Crippen molar-refractivity contribution in [1.29, 1.82) is 0 Å². The highest BCUT2D eigenvalue weighted by atomic mass is 32.2. The van der Waals surface area contributed by atoms with Gasteiger partial charge in [0.2, 0.25) is 10.0 Å². The average molecular weight is 501 g/mol. The molecule has 0 aromatic carbocycles. The first kappa shape index (κ1) is 24.1. The van der Waals surface area contributed by atoms with Crippen molar-refractivity contribution in [3.8, 4) is 0 Å². The molecule has 4 rings (SSSR count). The topological polar surface area (TPSA) is 129 Å². The highest BCUT2D eigenvalue weighted by molar-refractivity contribution is 7.89. The van der Waals surface area contributed by atoms with Crippen molar-refractivity contribution >= 4 is 15.8 Å². The highest BCUT2D eigenvalue weighted by Gasteiger charge is 2.40. The molecule has 184 valence electrons. The normalized spacial score (nSPS) is 19.3. The van der Waals surface area contributed by atoms with E-state index in [2.05, 4.69) is 30.2 Å². The van der Waals surface area contributed by atoms with Gasteiger partial charge in [0.1, 0.15) is 23.1 Å². The summed E-state index contributed by atoms with van der Waals surface area (Å²) in [6.45, 7) is 0.269. The Bertz CT molecular complexity index is 1260. The third-order valence-corrected chi connectivity index (χ3v) is 6.84. The number of hydrogen-bond donors (Lipinski definition) is 2. The Hall–Kier alpha value is -3.04. The van der Waals surface area contributed by atoms with Gasteiger partial charge in [-0.2, -0.15) is 23.4 Å². The van der Waals surface area contributed by atoms with Crippen LogP contribution in [0.1, 0.15) is 36.2 Å². The molecule has 1 aliphatic heterocycles. The zero-order valence-corrected chi connectivity index (χ0v) is 19.1. The third-order valence-electron chi connectivity index (χ3n) is 5.29. The summed E-state index contributed by atoms with van der Waals surface area (Å²) in [5.41, 5.74) is -0.756. The fourth-order valence-corrected chi connectivity index (χ4v) is 5.14. The number of aromatic nitrogens is 6. The van der Waals surface area contributed by atoms with Crippen LogP contribution >= 0.6 is 0 Å². The quantitative estimate of drug-likeness (QED) is 0.502. The number of pyridine rings is 1. The lowest BCUT2D eigenvalue weighted by Gasteiger charge is -2.30. The minimum Gasteiger partial charge on any atom is -0.372 e. The van der Waals surface area contributed by atoms with Crippen LogP contribution in [0.15, 0.2) is 35.6 Å². The molecule has 1 fully saturated rings. The lowest BCUT2D eigenvalue weighted by molar-refractivity contribution is -0.143. The Morgan fingerprint density at radius 3 is 2.68 bits per heavy atom. The second-order valence-electron chi connectivity index (χ2n) is 7.81. The number of halogens is 3. The number of sulfonamides is 1. The zero-order chi connectivity index (χ0) is 24.5. The van der Waals surface area contributed by atoms with Crippen molar-refractivity contribution in [3.63, 3.8) is 0 Å². The molecule has 0 bridgehead atoms. The molecule has 2 N–H and O–H groups in total. The van der Waals surface area contributed by atoms with Gasteiger partial charge in [-0.15, -0.1) is 0 Å². The van der Waals surface area contributed by atoms with Gasteiger partial charge >= 0.3 is 6.18 Å². The number of nitrogens with one attached hydrogen (secondary N) is 2. The molecule has 0 aliphatic carbocycles. The summed E-state index contributed by atoms with van der Waals surface area (Å²) < 4.78 is 78.4. The number of nitrogens with zero attached hydrogens (tertiary/aromatic N) is 6. The molecule has 1 aliphatic rings. The van der Waals surface area contributed by atoms with Crippen molar-refractivity contribution in [2.24, 2.45) is 14.1 Å². The molecule has 3 aromatic rings. The smallest absolute Gasteiger partial charge is 0.372 e. The summed E-state index contributed by atoms with van der Waals surface area (Å²) in [5.74, 6) is 0.194. The Labute approximate surface area is 193 Å². The maximum atomic E-state index is 13.8. The van der Waals surface area contributed by atoms with Crippen molar-refractivity contribution in [3.05, 3.63) is 47.9 Å². The van der Waals surface area contributed by atoms with Gasteiger partial charge in [-0.05, 0) is 31.0 Å². The van der Waals surface area contributed by atoms with Crippen molar-refractivity contribution < 1.29 is 26.3 Å². The summed E-state index contributed by atoms with van der Waals surface area (Å²) in [7, 11) is -1.14. The van der Waals surface area contributed by atoms with E-state index in [1.165, 1.54) is 17.1 Å². The standard InChI is InChI=1S/C19H23F3N8O3S/c1-29-11-24-17(27-29)10-23-16-4-3-15(18(26-16)19(20,21)22)34(31,32)28-12-6-8-33-14(9-12)13-5-7-25-30(13)2/h3-5,7,11-12,14,28H,6,8-10H2,1-2H3,(H,23,26). The van der Waals surface area contributed by atoms with E-state index in [0.29, 0.717) is 12.2 Å². The van der Waals surface area contributed by atoms with E-state index in [1.54, 1.807) is 31.0 Å². The second-order valence-corrected chi connectivity index (χ2v) is 9.49. The molecule has 4 heterocycles. The summed E-state index contributed by atoms with van der Waals surface area (Å²) in [6, 6.07) is 3.20. The third kappa shape index (κ3) is 5.37. The van der Waals surface area contributed by atoms with Crippen LogP contribution in [0.3, 0.4) is 0 Å². The molecule has 1 saturated heterocycles. The van der Waals surface area contributed by atoms with E-state index in [0.717, 1.165) is 11.8 Å². The summed E-state index contributed by atoms with van der Waals surface area (Å²) in [6.07, 6.45) is -1.81. The van der Waals surface area contributed by atoms with Gasteiger partial charge in [0, 0.05) is 32.9 Å². The van der Waals surface area contributed by atoms with E-state index in [1.807, 2.05) is 0 Å². The summed E-state index contributed by atoms with van der Waals surface area (Å²) in [4.78, 5) is 6.57. The molecule has 0 saturated carbocycles. The fraction of sp³-hybridized carbons (Fsp3) is 0.474. The van der Waals surface area contributed by atoms with Crippen LogP contribution in [0.2, 0.25) is 0 Å². The van der Waals surface area contributed by atoms with Crippen molar-refractivity contribution in [2.45, 2.75) is 42.6 Å². The minimum atomic E-state index is -4.99. The lowest BCUT2D eigenvalue weighted by atomic mass is 10.0. The van der Waals surface area contributed by atoms with E-state index >= 15 is 0 Å². The van der Waals surface area contributed by atoms with Crippen molar-refractivity contribution in [2.75, 3.05) is 11.9 Å². The predicted octanol–water partition coefficient (Wildman–Crippen LogP) is 1.77. The number of ether oxygens (including phenoxy) is 1. The zero-order valence-electron chi connectivity index (χ0n) is 18.3. The van der Waals surface area contributed by atoms with Gasteiger partial charge in [0.25, 0.3) is 0 Å². The summed E-state index contributed by atoms with van der Waals surface area (Å²) >= 11 is 0. The van der Waals surface area contributed by atoms with Crippen LogP contribution in [0.4, 0.5) is 19.0 Å². The van der Waals surface area contributed by atoms with Crippen LogP contribution in [0, 0.1) is 0 Å². The Balaban J connectivity index is 1.53. The van der Waals surface area contributed by atoms with Crippen molar-refractivity contribution in [1.82, 2.24) is 34.3 Å². The first-order valence-corrected chi connectivity index (χ1v) is 11.8. The molecule has 0 radical (unpaired) electrons. The Kier molecular flexibility index (Phi) is 6.60. The molecule has 2 atom stereocenters. The molecule has 2 unspecified atom stereocenters. The molecule has 0 amide bonds. The van der Waals surface area contributed by atoms with E-state index in [4.69, 9.17) is 4.74 Å². The second kappa shape index (κ2) is 9.31. The summed E-state index contributed by atoms with van der Waals surface area (Å²) in [5, 5.41) is 10.8. The van der Waals surface area contributed by atoms with Crippen LogP contribution in [0.25, 0.3) is 0 Å². The van der Waals surface area contributed by atoms with Gasteiger partial charge in [0.15, 0.2) is 11.5 Å². The molecule has 0 spiro atoms. The predicted molar refractivity (Wildman–Crippen MR) is 113 cm³/mol. The molecule has 11 nitrogen and oxygen atoms in total. The molecular formula is C19H23F3N8O3S. The van der Waals surface area contributed by atoms with Crippen LogP contribution in [-0.4, -0.2) is 50.6 Å². The molecular weight excluding hydrogens is 477 g/mol. The number of anilines is 1. The molecule has 15 heteroatoms. The van der Waals surface area contributed by atoms with E-state index < -0.39 is 38.9 Å². The first-order chi connectivity index (χ1) is 16.0. The largest absolute Gasteiger partial charge is 0.434 e. The maximum Gasteiger partial charge on any atom is 0.434 e. The lowest BCUT2D eigenvalue weighted by Crippen LogP contribution is -2.40. The van der Waals surface area contributed by atoms with Gasteiger partial charge in [-0.3, -0.25) is 9.36 Å². The van der Waals surface area contributed by atoms with Gasteiger partial charge in [-0.25, -0.2) is 23.1 Å². The average Bonchev–Trinajstić information content (AvgIpc) is 3.39. The fourth-order valence-electron chi connectivity index (χ4n) is 3.69. The van der Waals surface area contributed by atoms with Crippen LogP contribution in [0.5, 0.6) is 0 Å². The Morgan fingerprint density at radius 1 is 1.24 bits per heavy atom. The number of rotatable bonds is 7. The number of hydrogen-bond acceptors (Lipinski definition) is 8. The molecule has 3 aromatic heterocycles. The molecule has 34 heavy (non-hydrogen) atoms. The van der Waals surface area contributed by atoms with E-state index in [9.17, 15) is 21.6 Å². The van der Waals surface area contributed by atoms with Gasteiger partial charge in [0.05, 0.1) is 12.2 Å². The highest BCUT2D eigenvalue weighted by Crippen LogP contribution is 2.34. The maximum absolute atomic E-state index is 13.8. The number of aryl methyl sites for hydroxylation is 2. The van der Waals surface area contributed by atoms with Gasteiger partial charge < -0.3 is 10.1 Å². The monoisotopic (exact) mass is 500 g/mol. The van der Waals surface area contributed by atoms with Gasteiger partial charge in [-0.1, -0.05) is 0 Å². The van der Waals surface area contributed by atoms with E-state index in [-0.39, 0.29) is 25.4 Å². The van der Waals surface area contributed by atoms with Crippen LogP contribution in [-0.2, 0) is 41.6 Å². The Morgan fingerprint density at radius 2 is 2.03 bits per heavy atom. The van der Waals surface area contributed by atoms with Crippen LogP contribution < -0.4 is 10.0 Å². The minimum absolute atomic E-state index is 0.0208. The number of alkyl halides is 3.